The van der Waals surface area contributed by atoms with Crippen LogP contribution in [-0.2, 0) is 0 Å². The first-order valence-corrected chi connectivity index (χ1v) is 6.07. The molecule has 0 aliphatic rings. The standard InChI is InChI=1S/C16H14ClN/c1-13(18-15-10-6-3-7-11-15)16(17)12-14-8-4-2-5-9-14/h2-12,18H,1H2. The summed E-state index contributed by atoms with van der Waals surface area (Å²) in [5.74, 6) is 0. The molecule has 18 heavy (non-hydrogen) atoms. The maximum atomic E-state index is 6.21. The van der Waals surface area contributed by atoms with E-state index in [0.717, 1.165) is 11.3 Å². The van der Waals surface area contributed by atoms with E-state index in [1.807, 2.05) is 66.7 Å². The molecule has 0 bridgehead atoms. The highest BCUT2D eigenvalue weighted by atomic mass is 35.5. The molecule has 0 unspecified atom stereocenters. The smallest absolute Gasteiger partial charge is 0.0640 e. The van der Waals surface area contributed by atoms with Gasteiger partial charge in [-0.05, 0) is 23.8 Å². The van der Waals surface area contributed by atoms with E-state index in [-0.39, 0.29) is 0 Å². The highest BCUT2D eigenvalue weighted by Gasteiger charge is 2.00. The number of hydrogen-bond acceptors (Lipinski definition) is 1. The number of allylic oxidation sites excluding steroid dienone is 1. The molecule has 0 saturated carbocycles. The van der Waals surface area contributed by atoms with Crippen molar-refractivity contribution in [3.63, 3.8) is 0 Å². The van der Waals surface area contributed by atoms with Gasteiger partial charge in [0.15, 0.2) is 0 Å². The molecule has 0 aliphatic carbocycles. The zero-order chi connectivity index (χ0) is 12.8. The van der Waals surface area contributed by atoms with Gasteiger partial charge in [0.2, 0.25) is 0 Å². The minimum Gasteiger partial charge on any atom is -0.355 e. The molecule has 2 rings (SSSR count). The van der Waals surface area contributed by atoms with Crippen molar-refractivity contribution in [3.8, 4) is 0 Å². The van der Waals surface area contributed by atoms with E-state index in [1.165, 1.54) is 0 Å². The number of anilines is 1. The van der Waals surface area contributed by atoms with Gasteiger partial charge in [-0.25, -0.2) is 0 Å². The summed E-state index contributed by atoms with van der Waals surface area (Å²) in [6, 6.07) is 19.8. The molecule has 0 saturated heterocycles. The maximum absolute atomic E-state index is 6.21. The molecular weight excluding hydrogens is 242 g/mol. The third kappa shape index (κ3) is 3.51. The number of rotatable bonds is 4. The van der Waals surface area contributed by atoms with Crippen molar-refractivity contribution in [1.82, 2.24) is 0 Å². The van der Waals surface area contributed by atoms with Crippen molar-refractivity contribution in [2.75, 3.05) is 5.32 Å². The van der Waals surface area contributed by atoms with Gasteiger partial charge >= 0.3 is 0 Å². The van der Waals surface area contributed by atoms with Gasteiger partial charge in [0, 0.05) is 5.69 Å². The Morgan fingerprint density at radius 1 is 0.944 bits per heavy atom. The fourth-order valence-corrected chi connectivity index (χ4v) is 1.71. The molecular formula is C16H14ClN. The van der Waals surface area contributed by atoms with Crippen molar-refractivity contribution >= 4 is 23.4 Å². The largest absolute Gasteiger partial charge is 0.355 e. The molecule has 2 heteroatoms. The third-order valence-electron chi connectivity index (χ3n) is 2.45. The minimum absolute atomic E-state index is 0.602. The molecule has 0 fully saturated rings. The lowest BCUT2D eigenvalue weighted by molar-refractivity contribution is 1.48. The third-order valence-corrected chi connectivity index (χ3v) is 2.79. The lowest BCUT2D eigenvalue weighted by atomic mass is 10.2. The van der Waals surface area contributed by atoms with E-state index in [0.29, 0.717) is 10.7 Å². The van der Waals surface area contributed by atoms with Crippen LogP contribution in [0.2, 0.25) is 0 Å². The predicted molar refractivity (Wildman–Crippen MR) is 79.5 cm³/mol. The molecule has 0 aliphatic heterocycles. The Morgan fingerprint density at radius 3 is 2.11 bits per heavy atom. The van der Waals surface area contributed by atoms with Crippen molar-refractivity contribution in [2.24, 2.45) is 0 Å². The topological polar surface area (TPSA) is 12.0 Å². The summed E-state index contributed by atoms with van der Waals surface area (Å²) < 4.78 is 0. The Hall–Kier alpha value is -1.99. The fraction of sp³-hybridized carbons (Fsp3) is 0. The number of halogens is 1. The number of hydrogen-bond donors (Lipinski definition) is 1. The molecule has 0 atom stereocenters. The van der Waals surface area contributed by atoms with Gasteiger partial charge in [0.1, 0.15) is 0 Å². The summed E-state index contributed by atoms with van der Waals surface area (Å²) >= 11 is 6.21. The van der Waals surface area contributed by atoms with E-state index >= 15 is 0 Å². The molecule has 0 heterocycles. The van der Waals surface area contributed by atoms with Crippen LogP contribution in [0.25, 0.3) is 6.08 Å². The monoisotopic (exact) mass is 255 g/mol. The minimum atomic E-state index is 0.602. The summed E-state index contributed by atoms with van der Waals surface area (Å²) in [6.07, 6.45) is 1.89. The number of benzene rings is 2. The first-order valence-electron chi connectivity index (χ1n) is 5.69. The van der Waals surface area contributed by atoms with Gasteiger partial charge in [-0.2, -0.15) is 0 Å². The Balaban J connectivity index is 2.08. The van der Waals surface area contributed by atoms with Crippen molar-refractivity contribution in [2.45, 2.75) is 0 Å². The maximum Gasteiger partial charge on any atom is 0.0640 e. The Bertz CT molecular complexity index is 544. The second kappa shape index (κ2) is 6.08. The Kier molecular flexibility index (Phi) is 4.21. The van der Waals surface area contributed by atoms with Crippen LogP contribution in [0.4, 0.5) is 5.69 Å². The summed E-state index contributed by atoms with van der Waals surface area (Å²) in [5.41, 5.74) is 2.72. The van der Waals surface area contributed by atoms with E-state index in [4.69, 9.17) is 11.6 Å². The molecule has 90 valence electrons. The van der Waals surface area contributed by atoms with E-state index in [1.54, 1.807) is 0 Å². The van der Waals surface area contributed by atoms with Gasteiger partial charge < -0.3 is 5.32 Å². The van der Waals surface area contributed by atoms with Crippen LogP contribution in [0, 0.1) is 0 Å². The van der Waals surface area contributed by atoms with E-state index in [2.05, 4.69) is 11.9 Å². The molecule has 0 radical (unpaired) electrons. The zero-order valence-electron chi connectivity index (χ0n) is 9.94. The molecule has 1 nitrogen and oxygen atoms in total. The SMILES string of the molecule is C=C(Nc1ccccc1)C(Cl)=Cc1ccccc1. The van der Waals surface area contributed by atoms with Gasteiger partial charge in [0.25, 0.3) is 0 Å². The van der Waals surface area contributed by atoms with Gasteiger partial charge in [-0.1, -0.05) is 66.7 Å². The highest BCUT2D eigenvalue weighted by molar-refractivity contribution is 6.34. The van der Waals surface area contributed by atoms with Crippen LogP contribution in [0.5, 0.6) is 0 Å². The van der Waals surface area contributed by atoms with Crippen LogP contribution >= 0.6 is 11.6 Å². The van der Waals surface area contributed by atoms with Crippen LogP contribution < -0.4 is 5.32 Å². The first-order chi connectivity index (χ1) is 8.75. The highest BCUT2D eigenvalue weighted by Crippen LogP contribution is 2.19. The summed E-state index contributed by atoms with van der Waals surface area (Å²) in [4.78, 5) is 0. The Labute approximate surface area is 112 Å². The second-order valence-electron chi connectivity index (χ2n) is 3.87. The quantitative estimate of drug-likeness (QED) is 0.767. The molecule has 0 spiro atoms. The van der Waals surface area contributed by atoms with Crippen molar-refractivity contribution in [1.29, 1.82) is 0 Å². The second-order valence-corrected chi connectivity index (χ2v) is 4.28. The molecule has 0 amide bonds. The average molecular weight is 256 g/mol. The predicted octanol–water partition coefficient (Wildman–Crippen LogP) is 4.89. The van der Waals surface area contributed by atoms with E-state index < -0.39 is 0 Å². The van der Waals surface area contributed by atoms with Crippen LogP contribution in [0.3, 0.4) is 0 Å². The average Bonchev–Trinajstić information content (AvgIpc) is 2.41. The van der Waals surface area contributed by atoms with Crippen LogP contribution in [0.1, 0.15) is 5.56 Å². The van der Waals surface area contributed by atoms with Gasteiger partial charge in [-0.3, -0.25) is 0 Å². The summed E-state index contributed by atoms with van der Waals surface area (Å²) in [5, 5.41) is 3.77. The number of para-hydroxylation sites is 1. The first kappa shape index (κ1) is 12.5. The normalized spacial score (nSPS) is 11.1. The Morgan fingerprint density at radius 2 is 1.50 bits per heavy atom. The molecule has 2 aromatic rings. The molecule has 1 N–H and O–H groups in total. The summed E-state index contributed by atoms with van der Waals surface area (Å²) in [7, 11) is 0. The van der Waals surface area contributed by atoms with Crippen molar-refractivity contribution < 1.29 is 0 Å². The lowest BCUT2D eigenvalue weighted by Gasteiger charge is -2.08. The number of nitrogens with one attached hydrogen (secondary N) is 1. The lowest BCUT2D eigenvalue weighted by Crippen LogP contribution is -1.97. The van der Waals surface area contributed by atoms with Crippen molar-refractivity contribution in [3.05, 3.63) is 83.5 Å². The molecule has 0 aromatic heterocycles. The van der Waals surface area contributed by atoms with Gasteiger partial charge in [-0.15, -0.1) is 0 Å². The van der Waals surface area contributed by atoms with Gasteiger partial charge in [0.05, 0.1) is 10.7 Å². The summed E-state index contributed by atoms with van der Waals surface area (Å²) in [6.45, 7) is 3.93. The van der Waals surface area contributed by atoms with Crippen LogP contribution in [0.15, 0.2) is 78.0 Å². The fourth-order valence-electron chi connectivity index (χ4n) is 1.54. The van der Waals surface area contributed by atoms with Crippen LogP contribution in [-0.4, -0.2) is 0 Å². The molecule has 2 aromatic carbocycles. The van der Waals surface area contributed by atoms with E-state index in [9.17, 15) is 0 Å². The zero-order valence-corrected chi connectivity index (χ0v) is 10.7.